The number of hydrogen-bond acceptors (Lipinski definition) is 2. The zero-order valence-corrected chi connectivity index (χ0v) is 12.0. The number of carbonyl (C=O) groups excluding carboxylic acids is 1. The summed E-state index contributed by atoms with van der Waals surface area (Å²) in [7, 11) is 0. The molecule has 1 saturated heterocycles. The summed E-state index contributed by atoms with van der Waals surface area (Å²) in [6.07, 6.45) is 5.07. The molecule has 4 heteroatoms. The first kappa shape index (κ1) is 15.0. The van der Waals surface area contributed by atoms with Crippen LogP contribution in [0.15, 0.2) is 18.2 Å². The Bertz CT molecular complexity index is 456. The predicted molar refractivity (Wildman–Crippen MR) is 77.9 cm³/mol. The van der Waals surface area contributed by atoms with Gasteiger partial charge in [-0.1, -0.05) is 18.6 Å². The van der Waals surface area contributed by atoms with Crippen LogP contribution < -0.4 is 10.6 Å². The van der Waals surface area contributed by atoms with Crippen molar-refractivity contribution in [2.75, 3.05) is 6.54 Å². The molecule has 1 heterocycles. The number of carbonyl (C=O) groups is 1. The van der Waals surface area contributed by atoms with E-state index in [9.17, 15) is 9.18 Å². The van der Waals surface area contributed by atoms with Crippen LogP contribution in [0.25, 0.3) is 0 Å². The van der Waals surface area contributed by atoms with Gasteiger partial charge in [0, 0.05) is 19.0 Å². The third kappa shape index (κ3) is 4.60. The molecule has 20 heavy (non-hydrogen) atoms. The average Bonchev–Trinajstić information content (AvgIpc) is 2.47. The van der Waals surface area contributed by atoms with E-state index in [0.29, 0.717) is 24.6 Å². The Hall–Kier alpha value is -1.42. The summed E-state index contributed by atoms with van der Waals surface area (Å²) in [5.74, 6) is -0.179. The van der Waals surface area contributed by atoms with Gasteiger partial charge in [0.2, 0.25) is 5.91 Å². The van der Waals surface area contributed by atoms with Crippen LogP contribution in [-0.4, -0.2) is 18.5 Å². The Balaban J connectivity index is 1.70. The van der Waals surface area contributed by atoms with Crippen LogP contribution in [0.3, 0.4) is 0 Å². The van der Waals surface area contributed by atoms with Gasteiger partial charge >= 0.3 is 0 Å². The molecular weight excluding hydrogens is 255 g/mol. The highest BCUT2D eigenvalue weighted by molar-refractivity contribution is 5.75. The van der Waals surface area contributed by atoms with Crippen LogP contribution in [-0.2, 0) is 11.3 Å². The lowest BCUT2D eigenvalue weighted by Crippen LogP contribution is -2.35. The normalized spacial score (nSPS) is 18.8. The zero-order valence-electron chi connectivity index (χ0n) is 12.0. The molecule has 0 bridgehead atoms. The van der Waals surface area contributed by atoms with E-state index < -0.39 is 0 Å². The number of aryl methyl sites for hydroxylation is 1. The van der Waals surface area contributed by atoms with E-state index in [1.54, 1.807) is 13.0 Å². The smallest absolute Gasteiger partial charge is 0.220 e. The van der Waals surface area contributed by atoms with Gasteiger partial charge in [0.05, 0.1) is 0 Å². The monoisotopic (exact) mass is 278 g/mol. The molecule has 1 fully saturated rings. The van der Waals surface area contributed by atoms with E-state index >= 15 is 0 Å². The molecule has 110 valence electrons. The minimum absolute atomic E-state index is 0.0401. The average molecular weight is 278 g/mol. The van der Waals surface area contributed by atoms with E-state index in [-0.39, 0.29) is 11.7 Å². The molecule has 1 amide bonds. The Labute approximate surface area is 120 Å². The molecule has 0 spiro atoms. The van der Waals surface area contributed by atoms with Crippen LogP contribution in [0, 0.1) is 12.7 Å². The lowest BCUT2D eigenvalue weighted by atomic mass is 10.0. The molecule has 0 radical (unpaired) electrons. The van der Waals surface area contributed by atoms with Crippen molar-refractivity contribution in [3.05, 3.63) is 35.1 Å². The predicted octanol–water partition coefficient (Wildman–Crippen LogP) is 2.67. The highest BCUT2D eigenvalue weighted by atomic mass is 19.1. The molecule has 1 atom stereocenters. The van der Waals surface area contributed by atoms with Gasteiger partial charge < -0.3 is 10.6 Å². The summed E-state index contributed by atoms with van der Waals surface area (Å²) >= 11 is 0. The van der Waals surface area contributed by atoms with Crippen molar-refractivity contribution < 1.29 is 9.18 Å². The van der Waals surface area contributed by atoms with E-state index in [1.807, 2.05) is 6.07 Å². The van der Waals surface area contributed by atoms with Gasteiger partial charge in [0.1, 0.15) is 5.82 Å². The Morgan fingerprint density at radius 1 is 1.45 bits per heavy atom. The molecule has 1 aliphatic rings. The maximum absolute atomic E-state index is 13.4. The topological polar surface area (TPSA) is 41.1 Å². The molecule has 1 aromatic rings. The van der Waals surface area contributed by atoms with Crippen LogP contribution in [0.4, 0.5) is 4.39 Å². The van der Waals surface area contributed by atoms with Gasteiger partial charge in [-0.25, -0.2) is 4.39 Å². The molecular formula is C16H23FN2O. The van der Waals surface area contributed by atoms with E-state index in [4.69, 9.17) is 0 Å². The third-order valence-electron chi connectivity index (χ3n) is 3.86. The first-order chi connectivity index (χ1) is 9.65. The number of rotatable bonds is 5. The SMILES string of the molecule is Cc1ccc(CNC(=O)CCC2CCCCN2)cc1F. The van der Waals surface area contributed by atoms with Gasteiger partial charge in [0.15, 0.2) is 0 Å². The van der Waals surface area contributed by atoms with Crippen molar-refractivity contribution in [3.63, 3.8) is 0 Å². The van der Waals surface area contributed by atoms with Gasteiger partial charge in [0.25, 0.3) is 0 Å². The minimum Gasteiger partial charge on any atom is -0.352 e. The molecule has 1 aromatic carbocycles. The van der Waals surface area contributed by atoms with Crippen LogP contribution in [0.1, 0.15) is 43.2 Å². The van der Waals surface area contributed by atoms with Gasteiger partial charge in [-0.3, -0.25) is 4.79 Å². The van der Waals surface area contributed by atoms with Crippen molar-refractivity contribution >= 4 is 5.91 Å². The lowest BCUT2D eigenvalue weighted by molar-refractivity contribution is -0.121. The molecule has 0 aliphatic carbocycles. The molecule has 2 rings (SSSR count). The van der Waals surface area contributed by atoms with Crippen molar-refractivity contribution in [2.24, 2.45) is 0 Å². The first-order valence-corrected chi connectivity index (χ1v) is 7.40. The highest BCUT2D eigenvalue weighted by Crippen LogP contribution is 2.12. The molecule has 0 saturated carbocycles. The van der Waals surface area contributed by atoms with Crippen LogP contribution >= 0.6 is 0 Å². The highest BCUT2D eigenvalue weighted by Gasteiger charge is 2.13. The number of amides is 1. The standard InChI is InChI=1S/C16H23FN2O/c1-12-5-6-13(10-15(12)17)11-19-16(20)8-7-14-4-2-3-9-18-14/h5-6,10,14,18H,2-4,7-9,11H2,1H3,(H,19,20). The summed E-state index contributed by atoms with van der Waals surface area (Å²) in [5, 5.41) is 6.28. The fourth-order valence-corrected chi connectivity index (χ4v) is 2.51. The second kappa shape index (κ2) is 7.39. The van der Waals surface area contributed by atoms with Gasteiger partial charge in [-0.2, -0.15) is 0 Å². The van der Waals surface area contributed by atoms with Crippen molar-refractivity contribution in [1.82, 2.24) is 10.6 Å². The number of halogens is 1. The number of piperidine rings is 1. The second-order valence-electron chi connectivity index (χ2n) is 5.55. The number of benzene rings is 1. The van der Waals surface area contributed by atoms with Gasteiger partial charge in [-0.05, 0) is 49.9 Å². The maximum atomic E-state index is 13.4. The number of nitrogens with one attached hydrogen (secondary N) is 2. The Morgan fingerprint density at radius 3 is 3.00 bits per heavy atom. The molecule has 0 aromatic heterocycles. The largest absolute Gasteiger partial charge is 0.352 e. The van der Waals surface area contributed by atoms with Crippen molar-refractivity contribution in [3.8, 4) is 0 Å². The summed E-state index contributed by atoms with van der Waals surface area (Å²) in [6, 6.07) is 5.55. The van der Waals surface area contributed by atoms with E-state index in [1.165, 1.54) is 18.9 Å². The molecule has 1 unspecified atom stereocenters. The lowest BCUT2D eigenvalue weighted by Gasteiger charge is -2.23. The fourth-order valence-electron chi connectivity index (χ4n) is 2.51. The molecule has 2 N–H and O–H groups in total. The Morgan fingerprint density at radius 2 is 2.30 bits per heavy atom. The molecule has 3 nitrogen and oxygen atoms in total. The first-order valence-electron chi connectivity index (χ1n) is 7.40. The van der Waals surface area contributed by atoms with Crippen molar-refractivity contribution in [1.29, 1.82) is 0 Å². The molecule has 1 aliphatic heterocycles. The summed E-state index contributed by atoms with van der Waals surface area (Å²) in [4.78, 5) is 11.8. The summed E-state index contributed by atoms with van der Waals surface area (Å²) in [5.41, 5.74) is 1.43. The summed E-state index contributed by atoms with van der Waals surface area (Å²) in [6.45, 7) is 3.19. The zero-order chi connectivity index (χ0) is 14.4. The quantitative estimate of drug-likeness (QED) is 0.869. The van der Waals surface area contributed by atoms with Crippen LogP contribution in [0.5, 0.6) is 0 Å². The van der Waals surface area contributed by atoms with Crippen molar-refractivity contribution in [2.45, 2.75) is 51.6 Å². The van der Waals surface area contributed by atoms with Crippen LogP contribution in [0.2, 0.25) is 0 Å². The van der Waals surface area contributed by atoms with E-state index in [2.05, 4.69) is 10.6 Å². The number of hydrogen-bond donors (Lipinski definition) is 2. The fraction of sp³-hybridized carbons (Fsp3) is 0.562. The van der Waals surface area contributed by atoms with E-state index in [0.717, 1.165) is 24.9 Å². The maximum Gasteiger partial charge on any atom is 0.220 e. The second-order valence-corrected chi connectivity index (χ2v) is 5.55. The minimum atomic E-state index is -0.219. The third-order valence-corrected chi connectivity index (χ3v) is 3.86. The Kier molecular flexibility index (Phi) is 5.53. The van der Waals surface area contributed by atoms with Gasteiger partial charge in [-0.15, -0.1) is 0 Å². The summed E-state index contributed by atoms with van der Waals surface area (Å²) < 4.78 is 13.4.